The van der Waals surface area contributed by atoms with E-state index in [0.29, 0.717) is 26.3 Å². The van der Waals surface area contributed by atoms with Gasteiger partial charge >= 0.3 is 6.18 Å². The Morgan fingerprint density at radius 1 is 1.28 bits per heavy atom. The summed E-state index contributed by atoms with van der Waals surface area (Å²) in [6, 6.07) is 1.95. The Kier molecular flexibility index (Phi) is 6.93. The smallest absolute Gasteiger partial charge is 0.379 e. The van der Waals surface area contributed by atoms with Crippen molar-refractivity contribution in [2.24, 2.45) is 11.3 Å². The minimum Gasteiger partial charge on any atom is -0.379 e. The van der Waals surface area contributed by atoms with E-state index in [0.717, 1.165) is 38.3 Å². The van der Waals surface area contributed by atoms with Crippen LogP contribution < -0.4 is 10.2 Å². The van der Waals surface area contributed by atoms with Gasteiger partial charge in [-0.15, -0.1) is 0 Å². The van der Waals surface area contributed by atoms with Crippen molar-refractivity contribution in [3.63, 3.8) is 0 Å². The number of rotatable bonds is 6. The molecule has 0 spiro atoms. The van der Waals surface area contributed by atoms with Crippen molar-refractivity contribution in [1.29, 1.82) is 0 Å². The summed E-state index contributed by atoms with van der Waals surface area (Å²) in [5.41, 5.74) is -0.431. The van der Waals surface area contributed by atoms with Crippen LogP contribution in [0.1, 0.15) is 51.8 Å². The quantitative estimate of drug-likeness (QED) is 0.629. The van der Waals surface area contributed by atoms with E-state index in [1.54, 1.807) is 7.11 Å². The van der Waals surface area contributed by atoms with Gasteiger partial charge in [0.25, 0.3) is 0 Å². The van der Waals surface area contributed by atoms with Crippen molar-refractivity contribution in [1.82, 2.24) is 20.2 Å². The fourth-order valence-corrected chi connectivity index (χ4v) is 6.75. The summed E-state index contributed by atoms with van der Waals surface area (Å²) in [5, 5.41) is 3.76. The molecule has 4 aliphatic rings. The van der Waals surface area contributed by atoms with Gasteiger partial charge in [-0.05, 0) is 44.1 Å². The number of nitrogens with zero attached hydrogens (tertiary/aromatic N) is 4. The first-order valence-corrected chi connectivity index (χ1v) is 13.0. The highest BCUT2D eigenvalue weighted by molar-refractivity contribution is 5.84. The van der Waals surface area contributed by atoms with Gasteiger partial charge in [-0.1, -0.05) is 13.8 Å². The average Bonchev–Trinajstić information content (AvgIpc) is 3.58. The summed E-state index contributed by atoms with van der Waals surface area (Å²) in [7, 11) is 1.71. The highest BCUT2D eigenvalue weighted by Crippen LogP contribution is 2.48. The summed E-state index contributed by atoms with van der Waals surface area (Å²) < 4.78 is 50.5. The summed E-state index contributed by atoms with van der Waals surface area (Å²) in [5.74, 6) is -0.456. The lowest BCUT2D eigenvalue weighted by Gasteiger charge is -2.42. The molecule has 1 aromatic heterocycles. The molecule has 2 bridgehead atoms. The van der Waals surface area contributed by atoms with Crippen LogP contribution >= 0.6 is 0 Å². The lowest BCUT2D eigenvalue weighted by Crippen LogP contribution is -2.55. The molecular weight excluding hydrogens is 475 g/mol. The molecule has 3 aliphatic heterocycles. The van der Waals surface area contributed by atoms with Crippen molar-refractivity contribution in [2.45, 2.75) is 82.4 Å². The minimum atomic E-state index is -4.58. The number of hydrogen-bond donors (Lipinski definition) is 1. The number of alkyl halides is 3. The van der Waals surface area contributed by atoms with Gasteiger partial charge < -0.3 is 24.6 Å². The van der Waals surface area contributed by atoms with Crippen molar-refractivity contribution in [3.8, 4) is 0 Å². The van der Waals surface area contributed by atoms with Crippen LogP contribution in [-0.2, 0) is 20.4 Å². The number of halogens is 3. The third-order valence-electron chi connectivity index (χ3n) is 8.83. The van der Waals surface area contributed by atoms with Crippen LogP contribution in [0.2, 0.25) is 0 Å². The normalized spacial score (nSPS) is 34.7. The van der Waals surface area contributed by atoms with Gasteiger partial charge in [-0.2, -0.15) is 13.2 Å². The molecule has 1 saturated carbocycles. The number of ether oxygens (including phenoxy) is 2. The van der Waals surface area contributed by atoms with Crippen LogP contribution in [0.4, 0.5) is 19.0 Å². The van der Waals surface area contributed by atoms with E-state index in [1.807, 2.05) is 9.80 Å². The maximum atomic E-state index is 14.0. The number of carbonyl (C=O) groups excluding carboxylic acids is 1. The highest BCUT2D eigenvalue weighted by Gasteiger charge is 2.55. The molecule has 3 saturated heterocycles. The summed E-state index contributed by atoms with van der Waals surface area (Å²) in [6.07, 6.45) is 0.798. The number of amides is 1. The molecule has 1 aromatic rings. The summed E-state index contributed by atoms with van der Waals surface area (Å²) in [4.78, 5) is 25.1. The van der Waals surface area contributed by atoms with Crippen LogP contribution in [-0.4, -0.2) is 84.5 Å². The first kappa shape index (κ1) is 25.7. The second kappa shape index (κ2) is 9.72. The predicted molar refractivity (Wildman–Crippen MR) is 126 cm³/mol. The molecule has 0 aromatic carbocycles. The molecule has 0 unspecified atom stereocenters. The number of fused-ring (bicyclic) bond motifs is 2. The fourth-order valence-electron chi connectivity index (χ4n) is 6.75. The lowest BCUT2D eigenvalue weighted by atomic mass is 9.74. The van der Waals surface area contributed by atoms with Gasteiger partial charge in [-0.25, -0.2) is 9.97 Å². The van der Waals surface area contributed by atoms with Crippen LogP contribution in [0.3, 0.4) is 0 Å². The molecule has 6 atom stereocenters. The Bertz CT molecular complexity index is 963. The van der Waals surface area contributed by atoms with Gasteiger partial charge in [0, 0.05) is 45.1 Å². The summed E-state index contributed by atoms with van der Waals surface area (Å²) in [6.45, 7) is 6.58. The number of anilines is 1. The van der Waals surface area contributed by atoms with Crippen LogP contribution in [0.5, 0.6) is 0 Å². The Hall–Kier alpha value is -1.98. The standard InChI is InChI=1S/C25H36F3N5O3/c1-15(2)24(7-4-16(11-24)30-19-6-9-36-14-20(19)35-3)23(34)33-13-17-10-18(33)12-32(17)21-5-8-29-22(31-21)25(26,27)28/h5,8,15-20,30H,4,6-7,9-14H2,1-3H3/t16-,17-,18+,19+,20-,24+/m1/s1. The number of nitrogens with one attached hydrogen (secondary N) is 1. The van der Waals surface area contributed by atoms with E-state index < -0.39 is 17.4 Å². The number of hydrogen-bond acceptors (Lipinski definition) is 7. The molecular formula is C25H36F3N5O3. The van der Waals surface area contributed by atoms with Crippen LogP contribution in [0.25, 0.3) is 0 Å². The lowest BCUT2D eigenvalue weighted by molar-refractivity contribution is -0.146. The zero-order chi connectivity index (χ0) is 25.7. The van der Waals surface area contributed by atoms with Gasteiger partial charge in [-0.3, -0.25) is 4.79 Å². The van der Waals surface area contributed by atoms with E-state index in [9.17, 15) is 18.0 Å². The topological polar surface area (TPSA) is 79.8 Å². The molecule has 1 aliphatic carbocycles. The molecule has 11 heteroatoms. The molecule has 1 N–H and O–H groups in total. The molecule has 4 heterocycles. The molecule has 4 fully saturated rings. The maximum absolute atomic E-state index is 14.0. The molecule has 8 nitrogen and oxygen atoms in total. The third-order valence-corrected chi connectivity index (χ3v) is 8.83. The summed E-state index contributed by atoms with van der Waals surface area (Å²) >= 11 is 0. The highest BCUT2D eigenvalue weighted by atomic mass is 19.4. The second-order valence-corrected chi connectivity index (χ2v) is 11.1. The molecule has 200 valence electrons. The SMILES string of the molecule is CO[C@@H]1COCC[C@@H]1N[C@@H]1CC[C@@](C(=O)N2C[C@H]3C[C@H]2CN3c2ccnc(C(F)(F)F)n2)(C(C)C)C1. The third kappa shape index (κ3) is 4.58. The minimum absolute atomic E-state index is 0.0113. The zero-order valence-electron chi connectivity index (χ0n) is 21.1. The van der Waals surface area contributed by atoms with Crippen LogP contribution in [0.15, 0.2) is 12.3 Å². The average molecular weight is 512 g/mol. The van der Waals surface area contributed by atoms with Gasteiger partial charge in [0.15, 0.2) is 0 Å². The monoisotopic (exact) mass is 511 g/mol. The van der Waals surface area contributed by atoms with Crippen molar-refractivity contribution in [3.05, 3.63) is 18.1 Å². The van der Waals surface area contributed by atoms with Crippen LogP contribution in [0, 0.1) is 11.3 Å². The first-order valence-electron chi connectivity index (χ1n) is 13.0. The van der Waals surface area contributed by atoms with E-state index in [-0.39, 0.29) is 47.9 Å². The molecule has 36 heavy (non-hydrogen) atoms. The Morgan fingerprint density at radius 2 is 2.08 bits per heavy atom. The zero-order valence-corrected chi connectivity index (χ0v) is 21.1. The van der Waals surface area contributed by atoms with E-state index in [4.69, 9.17) is 9.47 Å². The fraction of sp³-hybridized carbons (Fsp3) is 0.800. The van der Waals surface area contributed by atoms with E-state index in [2.05, 4.69) is 29.1 Å². The van der Waals surface area contributed by atoms with Gasteiger partial charge in [0.2, 0.25) is 11.7 Å². The largest absolute Gasteiger partial charge is 0.451 e. The van der Waals surface area contributed by atoms with Gasteiger partial charge in [0.05, 0.1) is 30.2 Å². The Morgan fingerprint density at radius 3 is 2.75 bits per heavy atom. The molecule has 5 rings (SSSR count). The van der Waals surface area contributed by atoms with Crippen molar-refractivity contribution in [2.75, 3.05) is 38.3 Å². The number of carbonyl (C=O) groups is 1. The van der Waals surface area contributed by atoms with E-state index >= 15 is 0 Å². The van der Waals surface area contributed by atoms with Crippen molar-refractivity contribution >= 4 is 11.7 Å². The number of piperazine rings is 1. The van der Waals surface area contributed by atoms with Gasteiger partial charge in [0.1, 0.15) is 5.82 Å². The second-order valence-electron chi connectivity index (χ2n) is 11.1. The number of aromatic nitrogens is 2. The number of likely N-dealkylation sites (tertiary alicyclic amines) is 1. The predicted octanol–water partition coefficient (Wildman–Crippen LogP) is 2.87. The number of methoxy groups -OCH3 is 1. The first-order chi connectivity index (χ1) is 17.1. The maximum Gasteiger partial charge on any atom is 0.451 e. The molecule has 1 amide bonds. The Labute approximate surface area is 209 Å². The molecule has 0 radical (unpaired) electrons. The van der Waals surface area contributed by atoms with E-state index in [1.165, 1.54) is 6.07 Å². The Balaban J connectivity index is 1.26. The van der Waals surface area contributed by atoms with Crippen molar-refractivity contribution < 1.29 is 27.4 Å².